The van der Waals surface area contributed by atoms with Crippen molar-refractivity contribution < 1.29 is 9.52 Å². The molecule has 5 nitrogen and oxygen atoms in total. The Morgan fingerprint density at radius 1 is 1.44 bits per heavy atom. The summed E-state index contributed by atoms with van der Waals surface area (Å²) in [5.41, 5.74) is -0.578. The summed E-state index contributed by atoms with van der Waals surface area (Å²) in [5, 5.41) is 17.9. The van der Waals surface area contributed by atoms with Crippen LogP contribution in [-0.4, -0.2) is 38.9 Å². The maximum absolute atomic E-state index is 9.97. The first-order valence-corrected chi connectivity index (χ1v) is 5.85. The lowest BCUT2D eigenvalue weighted by molar-refractivity contribution is -0.0204. The van der Waals surface area contributed by atoms with Crippen molar-refractivity contribution in [3.8, 4) is 0 Å². The molecule has 2 heterocycles. The molecule has 90 valence electrons. The molecule has 0 amide bonds. The van der Waals surface area contributed by atoms with Crippen LogP contribution in [-0.2, 0) is 13.0 Å². The van der Waals surface area contributed by atoms with Gasteiger partial charge in [-0.3, -0.25) is 4.90 Å². The van der Waals surface area contributed by atoms with Crippen molar-refractivity contribution in [1.82, 2.24) is 15.1 Å². The van der Waals surface area contributed by atoms with Crippen molar-refractivity contribution in [2.75, 3.05) is 13.1 Å². The fraction of sp³-hybridized carbons (Fsp3) is 0.818. The van der Waals surface area contributed by atoms with Crippen LogP contribution in [0.1, 0.15) is 38.5 Å². The highest BCUT2D eigenvalue weighted by atomic mass is 16.4. The molecule has 0 saturated carbocycles. The largest absolute Gasteiger partial charge is 0.424 e. The van der Waals surface area contributed by atoms with Crippen LogP contribution in [0, 0.1) is 0 Å². The number of aliphatic hydroxyl groups is 1. The summed E-state index contributed by atoms with van der Waals surface area (Å²) in [4.78, 5) is 2.16. The van der Waals surface area contributed by atoms with E-state index in [0.717, 1.165) is 25.8 Å². The molecule has 0 spiro atoms. The van der Waals surface area contributed by atoms with E-state index in [-0.39, 0.29) is 0 Å². The van der Waals surface area contributed by atoms with Crippen LogP contribution < -0.4 is 0 Å². The quantitative estimate of drug-likeness (QED) is 0.830. The summed E-state index contributed by atoms with van der Waals surface area (Å²) in [6, 6.07) is 0. The maximum Gasteiger partial charge on any atom is 0.230 e. The zero-order chi connectivity index (χ0) is 11.6. The van der Waals surface area contributed by atoms with Gasteiger partial charge in [-0.2, -0.15) is 0 Å². The Bertz CT molecular complexity index is 349. The highest BCUT2D eigenvalue weighted by molar-refractivity contribution is 4.87. The Morgan fingerprint density at radius 2 is 2.19 bits per heavy atom. The predicted octanol–water partition coefficient (Wildman–Crippen LogP) is 0.979. The van der Waals surface area contributed by atoms with Crippen molar-refractivity contribution in [3.05, 3.63) is 11.8 Å². The molecule has 1 aromatic heterocycles. The fourth-order valence-electron chi connectivity index (χ4n) is 2.14. The van der Waals surface area contributed by atoms with Crippen LogP contribution in [0.5, 0.6) is 0 Å². The van der Waals surface area contributed by atoms with E-state index >= 15 is 0 Å². The zero-order valence-corrected chi connectivity index (χ0v) is 9.94. The average Bonchev–Trinajstić information content (AvgIpc) is 2.64. The van der Waals surface area contributed by atoms with Gasteiger partial charge in [0, 0.05) is 13.0 Å². The van der Waals surface area contributed by atoms with Gasteiger partial charge in [0.15, 0.2) is 0 Å². The van der Waals surface area contributed by atoms with E-state index in [1.165, 1.54) is 0 Å². The van der Waals surface area contributed by atoms with E-state index in [2.05, 4.69) is 15.1 Å². The lowest BCUT2D eigenvalue weighted by Crippen LogP contribution is -2.45. The fourth-order valence-corrected chi connectivity index (χ4v) is 2.14. The van der Waals surface area contributed by atoms with Crippen molar-refractivity contribution in [2.45, 2.75) is 45.3 Å². The maximum atomic E-state index is 9.97. The molecule has 1 aliphatic heterocycles. The molecule has 5 heteroatoms. The Labute approximate surface area is 95.5 Å². The Kier molecular flexibility index (Phi) is 3.25. The number of β-amino-alcohol motifs (C(OH)–C–C–N with tert-alkyl or cyclic N) is 1. The van der Waals surface area contributed by atoms with Crippen LogP contribution in [0.15, 0.2) is 4.42 Å². The van der Waals surface area contributed by atoms with Crippen LogP contribution in [0.25, 0.3) is 0 Å². The Hall–Kier alpha value is -0.940. The second kappa shape index (κ2) is 4.51. The molecule has 16 heavy (non-hydrogen) atoms. The minimum Gasteiger partial charge on any atom is -0.424 e. The minimum atomic E-state index is -0.578. The third-order valence-corrected chi connectivity index (χ3v) is 2.92. The zero-order valence-electron chi connectivity index (χ0n) is 9.94. The Morgan fingerprint density at radius 3 is 2.81 bits per heavy atom. The molecule has 1 saturated heterocycles. The molecule has 0 aliphatic carbocycles. The molecule has 1 aromatic rings. The first-order valence-electron chi connectivity index (χ1n) is 5.85. The summed E-state index contributed by atoms with van der Waals surface area (Å²) in [7, 11) is 0. The molecule has 1 atom stereocenters. The number of nitrogens with zero attached hydrogens (tertiary/aromatic N) is 3. The monoisotopic (exact) mass is 225 g/mol. The predicted molar refractivity (Wildman–Crippen MR) is 58.8 cm³/mol. The van der Waals surface area contributed by atoms with Crippen LogP contribution in [0.3, 0.4) is 0 Å². The smallest absolute Gasteiger partial charge is 0.230 e. The number of aromatic nitrogens is 2. The van der Waals surface area contributed by atoms with Gasteiger partial charge in [-0.15, -0.1) is 10.2 Å². The highest BCUT2D eigenvalue weighted by Gasteiger charge is 2.28. The minimum absolute atomic E-state index is 0.578. The van der Waals surface area contributed by atoms with Gasteiger partial charge in [0.1, 0.15) is 0 Å². The summed E-state index contributed by atoms with van der Waals surface area (Å²) in [6.07, 6.45) is 2.65. The van der Waals surface area contributed by atoms with E-state index in [9.17, 15) is 5.11 Å². The van der Waals surface area contributed by atoms with E-state index in [1.54, 1.807) is 0 Å². The van der Waals surface area contributed by atoms with Gasteiger partial charge < -0.3 is 9.52 Å². The molecule has 1 aliphatic rings. The third kappa shape index (κ3) is 2.80. The molecule has 1 unspecified atom stereocenters. The molecule has 0 radical (unpaired) electrons. The average molecular weight is 225 g/mol. The van der Waals surface area contributed by atoms with E-state index in [4.69, 9.17) is 4.42 Å². The van der Waals surface area contributed by atoms with Crippen molar-refractivity contribution in [3.63, 3.8) is 0 Å². The lowest BCUT2D eigenvalue weighted by atomic mass is 9.95. The van der Waals surface area contributed by atoms with E-state index < -0.39 is 5.60 Å². The highest BCUT2D eigenvalue weighted by Crippen LogP contribution is 2.21. The molecule has 1 fully saturated rings. The number of rotatable bonds is 3. The first-order chi connectivity index (χ1) is 7.59. The SMILES string of the molecule is CCc1nnc(CN2CCCC(C)(O)C2)o1. The van der Waals surface area contributed by atoms with Gasteiger partial charge in [-0.05, 0) is 26.3 Å². The van der Waals surface area contributed by atoms with E-state index in [0.29, 0.717) is 24.9 Å². The van der Waals surface area contributed by atoms with Gasteiger partial charge in [-0.25, -0.2) is 0 Å². The topological polar surface area (TPSA) is 62.4 Å². The van der Waals surface area contributed by atoms with Gasteiger partial charge in [-0.1, -0.05) is 6.92 Å². The van der Waals surface area contributed by atoms with Gasteiger partial charge in [0.25, 0.3) is 0 Å². The second-order valence-electron chi connectivity index (χ2n) is 4.75. The summed E-state index contributed by atoms with van der Waals surface area (Å²) in [5.74, 6) is 1.33. The molecule has 1 N–H and O–H groups in total. The second-order valence-corrected chi connectivity index (χ2v) is 4.75. The molecule has 0 bridgehead atoms. The summed E-state index contributed by atoms with van der Waals surface area (Å²) in [6.45, 7) is 6.17. The molecular formula is C11H19N3O2. The normalized spacial score (nSPS) is 27.2. The van der Waals surface area contributed by atoms with Gasteiger partial charge in [0.2, 0.25) is 11.8 Å². The standard InChI is InChI=1S/C11H19N3O2/c1-3-9-12-13-10(16-9)7-14-6-4-5-11(2,15)8-14/h15H,3-8H2,1-2H3. The number of likely N-dealkylation sites (tertiary alicyclic amines) is 1. The number of aryl methyl sites for hydroxylation is 1. The van der Waals surface area contributed by atoms with E-state index in [1.807, 2.05) is 13.8 Å². The van der Waals surface area contributed by atoms with Crippen molar-refractivity contribution in [1.29, 1.82) is 0 Å². The number of piperidine rings is 1. The van der Waals surface area contributed by atoms with Crippen LogP contribution >= 0.6 is 0 Å². The summed E-state index contributed by atoms with van der Waals surface area (Å²) >= 11 is 0. The summed E-state index contributed by atoms with van der Waals surface area (Å²) < 4.78 is 5.46. The van der Waals surface area contributed by atoms with Crippen molar-refractivity contribution >= 4 is 0 Å². The number of hydrogen-bond donors (Lipinski definition) is 1. The van der Waals surface area contributed by atoms with Crippen LogP contribution in [0.2, 0.25) is 0 Å². The third-order valence-electron chi connectivity index (χ3n) is 2.92. The molecule has 0 aromatic carbocycles. The molecular weight excluding hydrogens is 206 g/mol. The van der Waals surface area contributed by atoms with Gasteiger partial charge >= 0.3 is 0 Å². The van der Waals surface area contributed by atoms with Gasteiger partial charge in [0.05, 0.1) is 12.1 Å². The molecule has 2 rings (SSSR count). The Balaban J connectivity index is 1.94. The van der Waals surface area contributed by atoms with Crippen LogP contribution in [0.4, 0.5) is 0 Å². The first kappa shape index (κ1) is 11.5. The van der Waals surface area contributed by atoms with Crippen molar-refractivity contribution in [2.24, 2.45) is 0 Å². The lowest BCUT2D eigenvalue weighted by Gasteiger charge is -2.35. The number of hydrogen-bond acceptors (Lipinski definition) is 5.